The normalized spacial score (nSPS) is 10.4. The van der Waals surface area contributed by atoms with Crippen molar-refractivity contribution in [3.63, 3.8) is 0 Å². The molecule has 0 saturated carbocycles. The third-order valence-electron chi connectivity index (χ3n) is 2.98. The first-order valence-electron chi connectivity index (χ1n) is 6.50. The summed E-state index contributed by atoms with van der Waals surface area (Å²) in [4.78, 5) is 12.0. The molecular weight excluding hydrogens is 348 g/mol. The number of ketones is 1. The SMILES string of the molecule is O=C(COc1ccc(-c2nnco2)cc1)c1cccc(Br)c1. The maximum atomic E-state index is 12.0. The number of Topliss-reactive ketones (excluding diaryl/α,β-unsaturated/α-hetero) is 1. The second-order valence-corrected chi connectivity index (χ2v) is 5.41. The largest absolute Gasteiger partial charge is 0.485 e. The molecule has 0 saturated heterocycles. The van der Waals surface area contributed by atoms with Crippen molar-refractivity contribution < 1.29 is 13.9 Å². The Balaban J connectivity index is 1.63. The van der Waals surface area contributed by atoms with E-state index in [1.54, 1.807) is 36.4 Å². The van der Waals surface area contributed by atoms with E-state index >= 15 is 0 Å². The Labute approximate surface area is 135 Å². The zero-order chi connectivity index (χ0) is 15.4. The van der Waals surface area contributed by atoms with Gasteiger partial charge in [0.1, 0.15) is 5.75 Å². The molecule has 1 heterocycles. The summed E-state index contributed by atoms with van der Waals surface area (Å²) in [5.41, 5.74) is 1.40. The van der Waals surface area contributed by atoms with E-state index in [2.05, 4.69) is 26.1 Å². The number of benzene rings is 2. The van der Waals surface area contributed by atoms with Crippen molar-refractivity contribution >= 4 is 21.7 Å². The fourth-order valence-corrected chi connectivity index (χ4v) is 2.29. The Morgan fingerprint density at radius 3 is 2.68 bits per heavy atom. The summed E-state index contributed by atoms with van der Waals surface area (Å²) >= 11 is 3.34. The van der Waals surface area contributed by atoms with Gasteiger partial charge in [-0.1, -0.05) is 28.1 Å². The van der Waals surface area contributed by atoms with Crippen LogP contribution in [0.1, 0.15) is 10.4 Å². The Morgan fingerprint density at radius 2 is 2.00 bits per heavy atom. The molecule has 6 heteroatoms. The number of hydrogen-bond donors (Lipinski definition) is 0. The van der Waals surface area contributed by atoms with Crippen molar-refractivity contribution in [1.29, 1.82) is 0 Å². The highest BCUT2D eigenvalue weighted by atomic mass is 79.9. The minimum absolute atomic E-state index is 0.0175. The number of ether oxygens (including phenoxy) is 1. The van der Waals surface area contributed by atoms with E-state index < -0.39 is 0 Å². The second kappa shape index (κ2) is 6.53. The van der Waals surface area contributed by atoms with E-state index in [1.807, 2.05) is 12.1 Å². The molecule has 3 aromatic rings. The zero-order valence-corrected chi connectivity index (χ0v) is 13.0. The molecule has 0 N–H and O–H groups in total. The molecule has 1 aromatic heterocycles. The molecule has 0 fully saturated rings. The van der Waals surface area contributed by atoms with Crippen LogP contribution in [0.25, 0.3) is 11.5 Å². The van der Waals surface area contributed by atoms with Crippen LogP contribution in [0.3, 0.4) is 0 Å². The Kier molecular flexibility index (Phi) is 4.29. The van der Waals surface area contributed by atoms with Crippen LogP contribution in [0.5, 0.6) is 5.75 Å². The molecule has 0 atom stereocenters. The Bertz CT molecular complexity index is 770. The monoisotopic (exact) mass is 358 g/mol. The van der Waals surface area contributed by atoms with E-state index in [9.17, 15) is 4.79 Å². The zero-order valence-electron chi connectivity index (χ0n) is 11.4. The van der Waals surface area contributed by atoms with E-state index in [0.717, 1.165) is 10.0 Å². The molecule has 3 rings (SSSR count). The Morgan fingerprint density at radius 1 is 1.18 bits per heavy atom. The number of hydrogen-bond acceptors (Lipinski definition) is 5. The molecule has 110 valence electrons. The van der Waals surface area contributed by atoms with Gasteiger partial charge >= 0.3 is 0 Å². The molecule has 0 amide bonds. The molecule has 0 spiro atoms. The molecule has 0 aliphatic carbocycles. The van der Waals surface area contributed by atoms with Gasteiger partial charge in [-0.05, 0) is 36.4 Å². The van der Waals surface area contributed by atoms with Gasteiger partial charge in [0.05, 0.1) is 0 Å². The summed E-state index contributed by atoms with van der Waals surface area (Å²) in [6.07, 6.45) is 1.27. The lowest BCUT2D eigenvalue weighted by Crippen LogP contribution is -2.11. The van der Waals surface area contributed by atoms with Gasteiger partial charge in [-0.2, -0.15) is 0 Å². The number of halogens is 1. The van der Waals surface area contributed by atoms with Crippen molar-refractivity contribution in [3.8, 4) is 17.2 Å². The minimum Gasteiger partial charge on any atom is -0.485 e. The molecule has 22 heavy (non-hydrogen) atoms. The van der Waals surface area contributed by atoms with E-state index in [-0.39, 0.29) is 12.4 Å². The Hall–Kier alpha value is -2.47. The average molecular weight is 359 g/mol. The maximum absolute atomic E-state index is 12.0. The van der Waals surface area contributed by atoms with E-state index in [1.165, 1.54) is 6.39 Å². The van der Waals surface area contributed by atoms with Crippen LogP contribution in [0.15, 0.2) is 63.8 Å². The van der Waals surface area contributed by atoms with Crippen molar-refractivity contribution in [1.82, 2.24) is 10.2 Å². The molecular formula is C16H11BrN2O3. The van der Waals surface area contributed by atoms with Crippen molar-refractivity contribution in [2.45, 2.75) is 0 Å². The highest BCUT2D eigenvalue weighted by Crippen LogP contribution is 2.20. The van der Waals surface area contributed by atoms with Crippen LogP contribution >= 0.6 is 15.9 Å². The van der Waals surface area contributed by atoms with Crippen LogP contribution in [-0.4, -0.2) is 22.6 Å². The van der Waals surface area contributed by atoms with Crippen molar-refractivity contribution in [2.24, 2.45) is 0 Å². The summed E-state index contributed by atoms with van der Waals surface area (Å²) in [5, 5.41) is 7.45. The van der Waals surface area contributed by atoms with Gasteiger partial charge in [-0.3, -0.25) is 4.79 Å². The van der Waals surface area contributed by atoms with E-state index in [4.69, 9.17) is 9.15 Å². The maximum Gasteiger partial charge on any atom is 0.247 e. The molecule has 0 aliphatic heterocycles. The summed E-state index contributed by atoms with van der Waals surface area (Å²) in [7, 11) is 0. The second-order valence-electron chi connectivity index (χ2n) is 4.49. The van der Waals surface area contributed by atoms with Crippen LogP contribution < -0.4 is 4.74 Å². The number of nitrogens with zero attached hydrogens (tertiary/aromatic N) is 2. The van der Waals surface area contributed by atoms with Crippen molar-refractivity contribution in [2.75, 3.05) is 6.61 Å². The van der Waals surface area contributed by atoms with Gasteiger partial charge < -0.3 is 9.15 Å². The van der Waals surface area contributed by atoms with Crippen LogP contribution in [0.4, 0.5) is 0 Å². The first-order chi connectivity index (χ1) is 10.7. The lowest BCUT2D eigenvalue weighted by atomic mass is 10.1. The van der Waals surface area contributed by atoms with Crippen molar-refractivity contribution in [3.05, 3.63) is 65.0 Å². The predicted molar refractivity (Wildman–Crippen MR) is 83.7 cm³/mol. The van der Waals surface area contributed by atoms with Crippen LogP contribution in [0, 0.1) is 0 Å². The summed E-state index contributed by atoms with van der Waals surface area (Å²) < 4.78 is 11.5. The van der Waals surface area contributed by atoms with Gasteiger partial charge in [0, 0.05) is 15.6 Å². The lowest BCUT2D eigenvalue weighted by molar-refractivity contribution is 0.0921. The molecule has 0 aliphatic rings. The molecule has 2 aromatic carbocycles. The predicted octanol–water partition coefficient (Wildman–Crippen LogP) is 3.76. The third-order valence-corrected chi connectivity index (χ3v) is 3.47. The van der Waals surface area contributed by atoms with Crippen LogP contribution in [0.2, 0.25) is 0 Å². The minimum atomic E-state index is -0.0812. The van der Waals surface area contributed by atoms with Gasteiger partial charge in [0.25, 0.3) is 0 Å². The highest BCUT2D eigenvalue weighted by Gasteiger charge is 2.08. The smallest absolute Gasteiger partial charge is 0.247 e. The van der Waals surface area contributed by atoms with Gasteiger partial charge in [0.15, 0.2) is 12.4 Å². The van der Waals surface area contributed by atoms with Crippen LogP contribution in [-0.2, 0) is 0 Å². The molecule has 0 unspecified atom stereocenters. The molecule has 0 bridgehead atoms. The number of aromatic nitrogens is 2. The third kappa shape index (κ3) is 3.40. The first-order valence-corrected chi connectivity index (χ1v) is 7.30. The molecule has 0 radical (unpaired) electrons. The quantitative estimate of drug-likeness (QED) is 0.649. The highest BCUT2D eigenvalue weighted by molar-refractivity contribution is 9.10. The van der Waals surface area contributed by atoms with Gasteiger partial charge in [0.2, 0.25) is 12.3 Å². The fraction of sp³-hybridized carbons (Fsp3) is 0.0625. The summed E-state index contributed by atoms with van der Waals surface area (Å²) in [5.74, 6) is 0.964. The summed E-state index contributed by atoms with van der Waals surface area (Å²) in [6, 6.07) is 14.3. The fourth-order valence-electron chi connectivity index (χ4n) is 1.89. The molecule has 5 nitrogen and oxygen atoms in total. The lowest BCUT2D eigenvalue weighted by Gasteiger charge is -2.06. The van der Waals surface area contributed by atoms with E-state index in [0.29, 0.717) is 17.2 Å². The first kappa shape index (κ1) is 14.5. The number of carbonyl (C=O) groups excluding carboxylic acids is 1. The van der Waals surface area contributed by atoms with Gasteiger partial charge in [-0.15, -0.1) is 10.2 Å². The van der Waals surface area contributed by atoms with Gasteiger partial charge in [-0.25, -0.2) is 0 Å². The summed E-state index contributed by atoms with van der Waals surface area (Å²) in [6.45, 7) is -0.0175. The number of carbonyl (C=O) groups is 1. The number of rotatable bonds is 5. The average Bonchev–Trinajstić information content (AvgIpc) is 3.07. The standard InChI is InChI=1S/C16H11BrN2O3/c17-13-3-1-2-12(8-13)15(20)9-21-14-6-4-11(5-7-14)16-19-18-10-22-16/h1-8,10H,9H2. The topological polar surface area (TPSA) is 65.2 Å².